The second-order valence-corrected chi connectivity index (χ2v) is 5.62. The number of carbonyl (C=O) groups is 2. The monoisotopic (exact) mass is 317 g/mol. The van der Waals surface area contributed by atoms with Crippen LogP contribution in [0.4, 0.5) is 0 Å². The molecule has 0 aliphatic rings. The van der Waals surface area contributed by atoms with Crippen molar-refractivity contribution < 1.29 is 14.7 Å². The molecular formula is C15H19N5O3. The molecule has 23 heavy (non-hydrogen) atoms. The fourth-order valence-corrected chi connectivity index (χ4v) is 2.14. The van der Waals surface area contributed by atoms with Gasteiger partial charge in [-0.1, -0.05) is 13.8 Å². The van der Waals surface area contributed by atoms with E-state index in [4.69, 9.17) is 5.11 Å². The Morgan fingerprint density at radius 1 is 1.35 bits per heavy atom. The first-order valence-electron chi connectivity index (χ1n) is 7.29. The highest BCUT2D eigenvalue weighted by molar-refractivity contribution is 5.94. The van der Waals surface area contributed by atoms with Gasteiger partial charge in [-0.15, -0.1) is 0 Å². The van der Waals surface area contributed by atoms with E-state index in [1.807, 2.05) is 13.8 Å². The van der Waals surface area contributed by atoms with Crippen molar-refractivity contribution in [3.05, 3.63) is 36.5 Å². The number of carboxylic acids is 1. The molecule has 0 aromatic carbocycles. The molecule has 0 aliphatic carbocycles. The lowest BCUT2D eigenvalue weighted by molar-refractivity contribution is -0.142. The second kappa shape index (κ2) is 7.48. The third kappa shape index (κ3) is 4.60. The first-order chi connectivity index (χ1) is 11.0. The normalized spacial score (nSPS) is 12.1. The smallest absolute Gasteiger partial charge is 0.308 e. The van der Waals surface area contributed by atoms with Crippen LogP contribution < -0.4 is 5.32 Å². The molecular weight excluding hydrogens is 298 g/mol. The maximum Gasteiger partial charge on any atom is 0.308 e. The minimum atomic E-state index is -0.904. The van der Waals surface area contributed by atoms with Crippen molar-refractivity contribution in [2.75, 3.05) is 6.54 Å². The highest BCUT2D eigenvalue weighted by Gasteiger charge is 2.20. The summed E-state index contributed by atoms with van der Waals surface area (Å²) in [6.07, 6.45) is 4.83. The number of aromatic nitrogens is 4. The summed E-state index contributed by atoms with van der Waals surface area (Å²) >= 11 is 0. The Hall–Kier alpha value is -2.77. The van der Waals surface area contributed by atoms with Crippen LogP contribution in [-0.2, 0) is 4.79 Å². The molecule has 1 atom stereocenters. The fourth-order valence-electron chi connectivity index (χ4n) is 2.14. The Morgan fingerprint density at radius 2 is 2.13 bits per heavy atom. The van der Waals surface area contributed by atoms with Crippen molar-refractivity contribution in [1.29, 1.82) is 0 Å². The molecule has 0 aliphatic heterocycles. The molecule has 1 unspecified atom stereocenters. The molecule has 2 heterocycles. The van der Waals surface area contributed by atoms with Crippen LogP contribution >= 0.6 is 0 Å². The summed E-state index contributed by atoms with van der Waals surface area (Å²) in [5.41, 5.74) is 0.363. The number of hydrogen-bond acceptors (Lipinski definition) is 5. The maximum absolute atomic E-state index is 12.1. The standard InChI is InChI=1S/C15H19N5O3/c1-10(2)5-12(15(22)23)7-18-14(21)11-3-4-13(17-6-11)20-9-16-8-19-20/h3-4,6,8-10,12H,5,7H2,1-2H3,(H,18,21)(H,22,23). The Bertz CT molecular complexity index is 652. The van der Waals surface area contributed by atoms with Crippen LogP contribution in [0.2, 0.25) is 0 Å². The number of nitrogens with zero attached hydrogens (tertiary/aromatic N) is 4. The molecule has 0 radical (unpaired) electrons. The van der Waals surface area contributed by atoms with E-state index in [-0.39, 0.29) is 18.4 Å². The van der Waals surface area contributed by atoms with Crippen molar-refractivity contribution >= 4 is 11.9 Å². The van der Waals surface area contributed by atoms with Gasteiger partial charge in [0, 0.05) is 12.7 Å². The molecule has 2 aromatic heterocycles. The molecule has 122 valence electrons. The van der Waals surface area contributed by atoms with Gasteiger partial charge in [-0.25, -0.2) is 14.6 Å². The molecule has 1 amide bonds. The molecule has 8 heteroatoms. The second-order valence-electron chi connectivity index (χ2n) is 5.62. The predicted octanol–water partition coefficient (Wildman–Crippen LogP) is 1.14. The van der Waals surface area contributed by atoms with Crippen molar-refractivity contribution in [2.45, 2.75) is 20.3 Å². The molecule has 0 saturated heterocycles. The van der Waals surface area contributed by atoms with Gasteiger partial charge >= 0.3 is 5.97 Å². The minimum absolute atomic E-state index is 0.0944. The van der Waals surface area contributed by atoms with E-state index in [0.29, 0.717) is 17.8 Å². The van der Waals surface area contributed by atoms with E-state index in [2.05, 4.69) is 20.4 Å². The quantitative estimate of drug-likeness (QED) is 0.792. The van der Waals surface area contributed by atoms with Crippen LogP contribution in [0.1, 0.15) is 30.6 Å². The van der Waals surface area contributed by atoms with Gasteiger partial charge in [-0.3, -0.25) is 9.59 Å². The van der Waals surface area contributed by atoms with Gasteiger partial charge in [0.15, 0.2) is 5.82 Å². The molecule has 0 spiro atoms. The van der Waals surface area contributed by atoms with Crippen molar-refractivity contribution in [2.24, 2.45) is 11.8 Å². The summed E-state index contributed by atoms with van der Waals surface area (Å²) in [7, 11) is 0. The van der Waals surface area contributed by atoms with Crippen LogP contribution in [-0.4, -0.2) is 43.3 Å². The first kappa shape index (κ1) is 16.6. The molecule has 2 rings (SSSR count). The Morgan fingerprint density at radius 3 is 2.65 bits per heavy atom. The van der Waals surface area contributed by atoms with Crippen molar-refractivity contribution in [1.82, 2.24) is 25.1 Å². The van der Waals surface area contributed by atoms with E-state index in [1.54, 1.807) is 12.1 Å². The van der Waals surface area contributed by atoms with Gasteiger partial charge in [0.25, 0.3) is 5.91 Å². The first-order valence-corrected chi connectivity index (χ1v) is 7.29. The summed E-state index contributed by atoms with van der Waals surface area (Å²) in [6, 6.07) is 3.25. The molecule has 2 N–H and O–H groups in total. The lowest BCUT2D eigenvalue weighted by atomic mass is 9.97. The Kier molecular flexibility index (Phi) is 5.40. The van der Waals surface area contributed by atoms with E-state index in [9.17, 15) is 9.59 Å². The number of nitrogens with one attached hydrogen (secondary N) is 1. The van der Waals surface area contributed by atoms with Gasteiger partial charge < -0.3 is 10.4 Å². The predicted molar refractivity (Wildman–Crippen MR) is 82.1 cm³/mol. The summed E-state index contributed by atoms with van der Waals surface area (Å²) in [4.78, 5) is 31.2. The summed E-state index contributed by atoms with van der Waals surface area (Å²) in [5, 5.41) is 15.8. The lowest BCUT2D eigenvalue weighted by Crippen LogP contribution is -2.33. The topological polar surface area (TPSA) is 110 Å². The zero-order chi connectivity index (χ0) is 16.8. The van der Waals surface area contributed by atoms with Crippen LogP contribution in [0, 0.1) is 11.8 Å². The zero-order valence-corrected chi connectivity index (χ0v) is 13.0. The van der Waals surface area contributed by atoms with E-state index in [0.717, 1.165) is 0 Å². The number of amides is 1. The fraction of sp³-hybridized carbons (Fsp3) is 0.400. The van der Waals surface area contributed by atoms with Gasteiger partial charge in [0.1, 0.15) is 12.7 Å². The average molecular weight is 317 g/mol. The molecule has 0 bridgehead atoms. The van der Waals surface area contributed by atoms with Crippen molar-refractivity contribution in [3.63, 3.8) is 0 Å². The largest absolute Gasteiger partial charge is 0.481 e. The number of aliphatic carboxylic acids is 1. The highest BCUT2D eigenvalue weighted by Crippen LogP contribution is 2.11. The van der Waals surface area contributed by atoms with Crippen LogP contribution in [0.15, 0.2) is 31.0 Å². The lowest BCUT2D eigenvalue weighted by Gasteiger charge is -2.15. The third-order valence-electron chi connectivity index (χ3n) is 3.28. The average Bonchev–Trinajstić information content (AvgIpc) is 3.05. The van der Waals surface area contributed by atoms with Crippen LogP contribution in [0.25, 0.3) is 5.82 Å². The van der Waals surface area contributed by atoms with E-state index >= 15 is 0 Å². The maximum atomic E-state index is 12.1. The van der Waals surface area contributed by atoms with Gasteiger partial charge in [-0.2, -0.15) is 5.10 Å². The molecule has 0 saturated carbocycles. The molecule has 0 fully saturated rings. The van der Waals surface area contributed by atoms with Gasteiger partial charge in [0.05, 0.1) is 11.5 Å². The summed E-state index contributed by atoms with van der Waals surface area (Å²) in [5.74, 6) is -1.06. The minimum Gasteiger partial charge on any atom is -0.481 e. The van der Waals surface area contributed by atoms with E-state index in [1.165, 1.54) is 23.5 Å². The number of carboxylic acid groups (broad SMARTS) is 1. The zero-order valence-electron chi connectivity index (χ0n) is 13.0. The number of hydrogen-bond donors (Lipinski definition) is 2. The Labute approximate surface area is 133 Å². The van der Waals surface area contributed by atoms with Gasteiger partial charge in [0.2, 0.25) is 0 Å². The number of carbonyl (C=O) groups excluding carboxylic acids is 1. The van der Waals surface area contributed by atoms with E-state index < -0.39 is 11.9 Å². The molecule has 8 nitrogen and oxygen atoms in total. The summed E-state index contributed by atoms with van der Waals surface area (Å²) < 4.78 is 1.48. The van der Waals surface area contributed by atoms with Crippen molar-refractivity contribution in [3.8, 4) is 5.82 Å². The van der Waals surface area contributed by atoms with Crippen LogP contribution in [0.5, 0.6) is 0 Å². The summed E-state index contributed by atoms with van der Waals surface area (Å²) in [6.45, 7) is 3.99. The van der Waals surface area contributed by atoms with Crippen LogP contribution in [0.3, 0.4) is 0 Å². The number of rotatable bonds is 7. The van der Waals surface area contributed by atoms with Gasteiger partial charge in [-0.05, 0) is 24.5 Å². The highest BCUT2D eigenvalue weighted by atomic mass is 16.4. The number of pyridine rings is 1. The third-order valence-corrected chi connectivity index (χ3v) is 3.28. The molecule has 2 aromatic rings. The SMILES string of the molecule is CC(C)CC(CNC(=O)c1ccc(-n2cncn2)nc1)C(=O)O. The Balaban J connectivity index is 1.96.